The van der Waals surface area contributed by atoms with Crippen LogP contribution >= 0.6 is 0 Å². The quantitative estimate of drug-likeness (QED) is 0.726. The van der Waals surface area contributed by atoms with Crippen LogP contribution in [0.25, 0.3) is 11.1 Å². The van der Waals surface area contributed by atoms with Crippen LogP contribution in [0, 0.1) is 5.82 Å². The Balaban J connectivity index is 1.66. The molecule has 1 aliphatic heterocycles. The molecule has 5 rings (SSSR count). The number of amides is 1. The fourth-order valence-corrected chi connectivity index (χ4v) is 4.66. The van der Waals surface area contributed by atoms with E-state index in [9.17, 15) is 14.0 Å². The van der Waals surface area contributed by atoms with Gasteiger partial charge in [-0.2, -0.15) is 0 Å². The molecule has 1 saturated carbocycles. The van der Waals surface area contributed by atoms with Crippen molar-refractivity contribution < 1.29 is 13.6 Å². The Kier molecular flexibility index (Phi) is 3.13. The third kappa shape index (κ3) is 2.01. The number of carbonyl (C=O) groups is 1. The number of anilines is 1. The van der Waals surface area contributed by atoms with E-state index in [-0.39, 0.29) is 22.7 Å². The summed E-state index contributed by atoms with van der Waals surface area (Å²) in [5.41, 5.74) is 2.03. The maximum Gasteiger partial charge on any atom is 0.417 e. The van der Waals surface area contributed by atoms with Gasteiger partial charge in [0.1, 0.15) is 5.82 Å². The van der Waals surface area contributed by atoms with Crippen LogP contribution in [0.5, 0.6) is 0 Å². The highest BCUT2D eigenvalue weighted by atomic mass is 19.1. The number of H-pyrrole nitrogens is 1. The Labute approximate surface area is 148 Å². The molecule has 0 saturated heterocycles. The first kappa shape index (κ1) is 15.4. The molecular weight excluding hydrogens is 335 g/mol. The lowest BCUT2D eigenvalue weighted by molar-refractivity contribution is 0.0985. The number of nitrogens with one attached hydrogen (secondary N) is 1. The Morgan fingerprint density at radius 1 is 1.15 bits per heavy atom. The van der Waals surface area contributed by atoms with Crippen LogP contribution in [0.15, 0.2) is 45.6 Å². The second-order valence-electron chi connectivity index (χ2n) is 7.21. The van der Waals surface area contributed by atoms with E-state index >= 15 is 0 Å². The van der Waals surface area contributed by atoms with E-state index in [0.29, 0.717) is 28.9 Å². The lowest BCUT2D eigenvalue weighted by Crippen LogP contribution is -2.35. The van der Waals surface area contributed by atoms with Gasteiger partial charge < -0.3 is 9.32 Å². The van der Waals surface area contributed by atoms with Crippen molar-refractivity contribution in [2.45, 2.75) is 31.1 Å². The Morgan fingerprint density at radius 2 is 1.92 bits per heavy atom. The summed E-state index contributed by atoms with van der Waals surface area (Å²) in [6, 6.07) is 9.94. The number of aromatic nitrogens is 1. The molecule has 1 spiro atoms. The molecule has 2 aromatic carbocycles. The molecule has 3 aromatic rings. The Hall–Kier alpha value is -2.89. The van der Waals surface area contributed by atoms with Gasteiger partial charge in [0, 0.05) is 17.5 Å². The first-order valence-corrected chi connectivity index (χ1v) is 8.82. The molecule has 1 aliphatic carbocycles. The van der Waals surface area contributed by atoms with Crippen LogP contribution in [-0.4, -0.2) is 17.4 Å². The highest BCUT2D eigenvalue weighted by molar-refractivity contribution is 6.13. The SMILES string of the molecule is O=C(c1cccc2[nH]c(=O)oc12)N1CC2(CCCC2)c2c(F)cccc21. The minimum Gasteiger partial charge on any atom is -0.407 e. The maximum absolute atomic E-state index is 14.7. The molecule has 1 fully saturated rings. The summed E-state index contributed by atoms with van der Waals surface area (Å²) in [6.45, 7) is 0.465. The molecule has 0 atom stereocenters. The van der Waals surface area contributed by atoms with Gasteiger partial charge in [0.15, 0.2) is 5.58 Å². The normalized spacial score (nSPS) is 18.0. The molecule has 132 valence electrons. The summed E-state index contributed by atoms with van der Waals surface area (Å²) in [7, 11) is 0. The van der Waals surface area contributed by atoms with Gasteiger partial charge in [0.05, 0.1) is 16.8 Å². The van der Waals surface area contributed by atoms with Crippen molar-refractivity contribution in [1.82, 2.24) is 4.98 Å². The molecule has 0 unspecified atom stereocenters. The van der Waals surface area contributed by atoms with Crippen LogP contribution in [-0.2, 0) is 5.41 Å². The number of fused-ring (bicyclic) bond motifs is 3. The summed E-state index contributed by atoms with van der Waals surface area (Å²) in [4.78, 5) is 29.1. The number of aromatic amines is 1. The van der Waals surface area contributed by atoms with E-state index in [1.54, 1.807) is 35.2 Å². The predicted octanol–water partition coefficient (Wildman–Crippen LogP) is 3.73. The molecule has 2 heterocycles. The van der Waals surface area contributed by atoms with Crippen LogP contribution in [0.4, 0.5) is 10.1 Å². The van der Waals surface area contributed by atoms with Crippen molar-refractivity contribution in [3.05, 3.63) is 63.9 Å². The molecule has 0 radical (unpaired) electrons. The molecule has 6 heteroatoms. The number of nitrogens with zero attached hydrogens (tertiary/aromatic N) is 1. The van der Waals surface area contributed by atoms with Crippen molar-refractivity contribution in [2.75, 3.05) is 11.4 Å². The average molecular weight is 352 g/mol. The topological polar surface area (TPSA) is 66.3 Å². The fourth-order valence-electron chi connectivity index (χ4n) is 4.66. The maximum atomic E-state index is 14.7. The van der Waals surface area contributed by atoms with Crippen LogP contribution in [0.3, 0.4) is 0 Å². The molecule has 1 aromatic heterocycles. The fraction of sp³-hybridized carbons (Fsp3) is 0.300. The molecule has 1 N–H and O–H groups in total. The number of oxazole rings is 1. The van der Waals surface area contributed by atoms with E-state index in [2.05, 4.69) is 4.98 Å². The highest BCUT2D eigenvalue weighted by Gasteiger charge is 2.48. The zero-order valence-electron chi connectivity index (χ0n) is 14.0. The minimum absolute atomic E-state index is 0.243. The van der Waals surface area contributed by atoms with Gasteiger partial charge in [0.25, 0.3) is 5.91 Å². The number of halogens is 1. The minimum atomic E-state index is -0.597. The van der Waals surface area contributed by atoms with E-state index in [1.807, 2.05) is 0 Å². The molecule has 26 heavy (non-hydrogen) atoms. The van der Waals surface area contributed by atoms with Crippen molar-refractivity contribution in [2.24, 2.45) is 0 Å². The van der Waals surface area contributed by atoms with Gasteiger partial charge in [-0.15, -0.1) is 0 Å². The van der Waals surface area contributed by atoms with Gasteiger partial charge in [-0.25, -0.2) is 9.18 Å². The van der Waals surface area contributed by atoms with Crippen molar-refractivity contribution in [1.29, 1.82) is 0 Å². The van der Waals surface area contributed by atoms with E-state index in [1.165, 1.54) is 6.07 Å². The zero-order chi connectivity index (χ0) is 17.9. The van der Waals surface area contributed by atoms with E-state index in [0.717, 1.165) is 25.7 Å². The molecule has 1 amide bonds. The summed E-state index contributed by atoms with van der Waals surface area (Å²) in [5.74, 6) is -1.11. The second-order valence-corrected chi connectivity index (χ2v) is 7.21. The van der Waals surface area contributed by atoms with Gasteiger partial charge >= 0.3 is 5.76 Å². The van der Waals surface area contributed by atoms with Crippen LogP contribution in [0.1, 0.15) is 41.6 Å². The monoisotopic (exact) mass is 352 g/mol. The lowest BCUT2D eigenvalue weighted by atomic mass is 9.80. The second kappa shape index (κ2) is 5.30. The number of carbonyl (C=O) groups excluding carboxylic acids is 1. The van der Waals surface area contributed by atoms with Crippen molar-refractivity contribution in [3.8, 4) is 0 Å². The molecular formula is C20H17FN2O3. The standard InChI is InChI=1S/C20H17FN2O3/c21-13-6-4-8-15-16(13)20(9-1-2-10-20)11-23(15)18(24)12-5-3-7-14-17(12)26-19(25)22-14/h3-8H,1-2,9-11H2,(H,22,25). The van der Waals surface area contributed by atoms with Gasteiger partial charge in [0.2, 0.25) is 0 Å². The smallest absolute Gasteiger partial charge is 0.407 e. The third-order valence-electron chi connectivity index (χ3n) is 5.76. The number of hydrogen-bond donors (Lipinski definition) is 1. The van der Waals surface area contributed by atoms with Crippen molar-refractivity contribution >= 4 is 22.7 Å². The zero-order valence-corrected chi connectivity index (χ0v) is 14.0. The number of rotatable bonds is 1. The summed E-state index contributed by atoms with van der Waals surface area (Å²) < 4.78 is 19.9. The summed E-state index contributed by atoms with van der Waals surface area (Å²) in [5, 5.41) is 0. The van der Waals surface area contributed by atoms with Crippen LogP contribution in [0.2, 0.25) is 0 Å². The summed E-state index contributed by atoms with van der Waals surface area (Å²) >= 11 is 0. The van der Waals surface area contributed by atoms with E-state index < -0.39 is 5.76 Å². The van der Waals surface area contributed by atoms with Crippen LogP contribution < -0.4 is 10.7 Å². The summed E-state index contributed by atoms with van der Waals surface area (Å²) in [6.07, 6.45) is 3.85. The van der Waals surface area contributed by atoms with Gasteiger partial charge in [-0.3, -0.25) is 9.78 Å². The largest absolute Gasteiger partial charge is 0.417 e. The first-order chi connectivity index (χ1) is 12.6. The molecule has 5 nitrogen and oxygen atoms in total. The average Bonchev–Trinajstić information content (AvgIpc) is 3.32. The van der Waals surface area contributed by atoms with Gasteiger partial charge in [-0.05, 0) is 37.1 Å². The number of hydrogen-bond acceptors (Lipinski definition) is 3. The Bertz CT molecular complexity index is 1090. The number of benzene rings is 2. The Morgan fingerprint density at radius 3 is 2.73 bits per heavy atom. The lowest BCUT2D eigenvalue weighted by Gasteiger charge is -2.24. The molecule has 2 aliphatic rings. The first-order valence-electron chi connectivity index (χ1n) is 8.82. The third-order valence-corrected chi connectivity index (χ3v) is 5.76. The molecule has 0 bridgehead atoms. The van der Waals surface area contributed by atoms with Crippen molar-refractivity contribution in [3.63, 3.8) is 0 Å². The van der Waals surface area contributed by atoms with Gasteiger partial charge in [-0.1, -0.05) is 25.0 Å². The number of para-hydroxylation sites is 1. The van der Waals surface area contributed by atoms with E-state index in [4.69, 9.17) is 4.42 Å². The highest BCUT2D eigenvalue weighted by Crippen LogP contribution is 2.51. The predicted molar refractivity (Wildman–Crippen MR) is 95.1 cm³/mol.